The summed E-state index contributed by atoms with van der Waals surface area (Å²) >= 11 is 1.67. The summed E-state index contributed by atoms with van der Waals surface area (Å²) in [6.45, 7) is 3.38. The Balaban J connectivity index is 1.45. The van der Waals surface area contributed by atoms with Gasteiger partial charge in [0.05, 0.1) is 16.8 Å². The average Bonchev–Trinajstić information content (AvgIpc) is 3.06. The Labute approximate surface area is 146 Å². The Morgan fingerprint density at radius 2 is 2.04 bits per heavy atom. The van der Waals surface area contributed by atoms with Gasteiger partial charge in [-0.2, -0.15) is 0 Å². The van der Waals surface area contributed by atoms with Crippen molar-refractivity contribution in [3.8, 4) is 11.3 Å². The highest BCUT2D eigenvalue weighted by atomic mass is 32.1. The zero-order valence-electron chi connectivity index (χ0n) is 13.6. The number of rotatable bonds is 7. The lowest BCUT2D eigenvalue weighted by Gasteiger charge is -2.11. The number of thiazole rings is 1. The predicted molar refractivity (Wildman–Crippen MR) is 98.1 cm³/mol. The van der Waals surface area contributed by atoms with Crippen LogP contribution in [0.15, 0.2) is 54.2 Å². The maximum Gasteiger partial charge on any atom is 0.0929 e. The van der Waals surface area contributed by atoms with E-state index in [0.29, 0.717) is 6.54 Å². The van der Waals surface area contributed by atoms with Crippen molar-refractivity contribution in [3.63, 3.8) is 0 Å². The fraction of sp³-hybridized carbons (Fsp3) is 0.263. The van der Waals surface area contributed by atoms with E-state index >= 15 is 0 Å². The third-order valence-electron chi connectivity index (χ3n) is 3.87. The molecule has 3 aromatic rings. The van der Waals surface area contributed by atoms with Gasteiger partial charge in [-0.3, -0.25) is 4.98 Å². The maximum atomic E-state index is 10.1. The van der Waals surface area contributed by atoms with Gasteiger partial charge in [0.2, 0.25) is 0 Å². The molecule has 0 aliphatic heterocycles. The summed E-state index contributed by atoms with van der Waals surface area (Å²) in [4.78, 5) is 8.53. The number of hydrogen-bond donors (Lipinski definition) is 2. The minimum absolute atomic E-state index is 0.519. The lowest BCUT2D eigenvalue weighted by molar-refractivity contribution is 0.174. The first-order valence-corrected chi connectivity index (χ1v) is 8.90. The van der Waals surface area contributed by atoms with E-state index in [1.807, 2.05) is 19.1 Å². The van der Waals surface area contributed by atoms with Crippen LogP contribution in [0.5, 0.6) is 0 Å². The van der Waals surface area contributed by atoms with Crippen molar-refractivity contribution in [2.45, 2.75) is 19.4 Å². The van der Waals surface area contributed by atoms with Crippen LogP contribution in [0, 0.1) is 6.92 Å². The highest BCUT2D eigenvalue weighted by Crippen LogP contribution is 2.21. The first-order chi connectivity index (χ1) is 11.7. The molecule has 0 unspecified atom stereocenters. The van der Waals surface area contributed by atoms with Gasteiger partial charge in [-0.05, 0) is 31.5 Å². The molecule has 1 atom stereocenters. The van der Waals surface area contributed by atoms with Crippen LogP contribution in [0.1, 0.15) is 22.2 Å². The lowest BCUT2D eigenvalue weighted by atomic mass is 10.1. The second-order valence-corrected chi connectivity index (χ2v) is 6.77. The molecular formula is C19H21N3OS. The zero-order valence-corrected chi connectivity index (χ0v) is 14.5. The van der Waals surface area contributed by atoms with Gasteiger partial charge in [0.1, 0.15) is 0 Å². The zero-order chi connectivity index (χ0) is 16.8. The molecule has 2 N–H and O–H groups in total. The first-order valence-electron chi connectivity index (χ1n) is 8.02. The maximum absolute atomic E-state index is 10.1. The number of pyridine rings is 1. The van der Waals surface area contributed by atoms with Gasteiger partial charge in [0, 0.05) is 35.4 Å². The van der Waals surface area contributed by atoms with E-state index in [2.05, 4.69) is 44.9 Å². The summed E-state index contributed by atoms with van der Waals surface area (Å²) in [7, 11) is 0. The second kappa shape index (κ2) is 8.15. The van der Waals surface area contributed by atoms with Crippen LogP contribution in [0.2, 0.25) is 0 Å². The topological polar surface area (TPSA) is 58.0 Å². The molecule has 24 heavy (non-hydrogen) atoms. The molecule has 0 radical (unpaired) electrons. The van der Waals surface area contributed by atoms with E-state index in [4.69, 9.17) is 0 Å². The molecule has 0 spiro atoms. The largest absolute Gasteiger partial charge is 0.387 e. The Morgan fingerprint density at radius 3 is 2.71 bits per heavy atom. The molecule has 1 aromatic carbocycles. The molecule has 0 amide bonds. The Kier molecular flexibility index (Phi) is 5.69. The number of nitrogens with zero attached hydrogens (tertiary/aromatic N) is 2. The normalized spacial score (nSPS) is 12.2. The van der Waals surface area contributed by atoms with Gasteiger partial charge in [0.25, 0.3) is 0 Å². The molecule has 2 aromatic heterocycles. The standard InChI is InChI=1S/C19H21N3OS/c1-14-22-18(13-24-14)16-6-4-15(5-7-16)8-10-21-12-19(23)17-3-2-9-20-11-17/h2-7,9,11,13,19,21,23H,8,10,12H2,1H3/t19-/m0/s1. The third-order valence-corrected chi connectivity index (χ3v) is 4.64. The van der Waals surface area contributed by atoms with Crippen LogP contribution < -0.4 is 5.32 Å². The summed E-state index contributed by atoms with van der Waals surface area (Å²) in [5.41, 5.74) is 4.31. The summed E-state index contributed by atoms with van der Waals surface area (Å²) in [5.74, 6) is 0. The summed E-state index contributed by atoms with van der Waals surface area (Å²) in [6.07, 6.45) is 3.82. The van der Waals surface area contributed by atoms with Crippen molar-refractivity contribution in [1.82, 2.24) is 15.3 Å². The van der Waals surface area contributed by atoms with Crippen LogP contribution in [0.25, 0.3) is 11.3 Å². The first kappa shape index (κ1) is 16.8. The molecule has 3 rings (SSSR count). The lowest BCUT2D eigenvalue weighted by Crippen LogP contribution is -2.23. The third kappa shape index (κ3) is 4.47. The van der Waals surface area contributed by atoms with Gasteiger partial charge in [0.15, 0.2) is 0 Å². The van der Waals surface area contributed by atoms with Crippen molar-refractivity contribution in [3.05, 3.63) is 70.3 Å². The van der Waals surface area contributed by atoms with Crippen molar-refractivity contribution < 1.29 is 5.11 Å². The Morgan fingerprint density at radius 1 is 1.21 bits per heavy atom. The van der Waals surface area contributed by atoms with E-state index in [9.17, 15) is 5.11 Å². The molecular weight excluding hydrogens is 318 g/mol. The molecule has 0 aliphatic carbocycles. The highest BCUT2D eigenvalue weighted by Gasteiger charge is 2.06. The molecule has 4 nitrogen and oxygen atoms in total. The molecule has 0 saturated heterocycles. The molecule has 2 heterocycles. The van der Waals surface area contributed by atoms with Gasteiger partial charge >= 0.3 is 0 Å². The SMILES string of the molecule is Cc1nc(-c2ccc(CCNC[C@H](O)c3cccnc3)cc2)cs1. The van der Waals surface area contributed by atoms with E-state index in [0.717, 1.165) is 34.8 Å². The van der Waals surface area contributed by atoms with Gasteiger partial charge in [-0.25, -0.2) is 4.98 Å². The molecule has 0 saturated carbocycles. The van der Waals surface area contributed by atoms with Crippen molar-refractivity contribution >= 4 is 11.3 Å². The number of aromatic nitrogens is 2. The van der Waals surface area contributed by atoms with Gasteiger partial charge < -0.3 is 10.4 Å². The number of aryl methyl sites for hydroxylation is 1. The second-order valence-electron chi connectivity index (χ2n) is 5.70. The fourth-order valence-electron chi connectivity index (χ4n) is 2.50. The summed E-state index contributed by atoms with van der Waals surface area (Å²) in [5, 5.41) is 16.5. The van der Waals surface area contributed by atoms with E-state index in [1.54, 1.807) is 23.7 Å². The van der Waals surface area contributed by atoms with Crippen molar-refractivity contribution in [2.75, 3.05) is 13.1 Å². The van der Waals surface area contributed by atoms with Crippen LogP contribution in [-0.4, -0.2) is 28.2 Å². The number of aliphatic hydroxyl groups is 1. The number of aliphatic hydroxyl groups excluding tert-OH is 1. The highest BCUT2D eigenvalue weighted by molar-refractivity contribution is 7.09. The fourth-order valence-corrected chi connectivity index (χ4v) is 3.12. The van der Waals surface area contributed by atoms with E-state index < -0.39 is 6.10 Å². The number of hydrogen-bond acceptors (Lipinski definition) is 5. The molecule has 0 fully saturated rings. The molecule has 5 heteroatoms. The summed E-state index contributed by atoms with van der Waals surface area (Å²) < 4.78 is 0. The number of nitrogens with one attached hydrogen (secondary N) is 1. The van der Waals surface area contributed by atoms with E-state index in [-0.39, 0.29) is 0 Å². The van der Waals surface area contributed by atoms with Crippen molar-refractivity contribution in [1.29, 1.82) is 0 Å². The molecule has 0 aliphatic rings. The molecule has 0 bridgehead atoms. The van der Waals surface area contributed by atoms with Crippen LogP contribution in [0.3, 0.4) is 0 Å². The monoisotopic (exact) mass is 339 g/mol. The number of benzene rings is 1. The van der Waals surface area contributed by atoms with Crippen LogP contribution >= 0.6 is 11.3 Å². The Hall–Kier alpha value is -2.08. The van der Waals surface area contributed by atoms with Crippen LogP contribution in [0.4, 0.5) is 0 Å². The van der Waals surface area contributed by atoms with Gasteiger partial charge in [-0.15, -0.1) is 11.3 Å². The smallest absolute Gasteiger partial charge is 0.0929 e. The van der Waals surface area contributed by atoms with E-state index in [1.165, 1.54) is 5.56 Å². The van der Waals surface area contributed by atoms with Gasteiger partial charge in [-0.1, -0.05) is 30.3 Å². The van der Waals surface area contributed by atoms with Crippen LogP contribution in [-0.2, 0) is 6.42 Å². The quantitative estimate of drug-likeness (QED) is 0.648. The Bertz CT molecular complexity index is 756. The minimum atomic E-state index is -0.519. The summed E-state index contributed by atoms with van der Waals surface area (Å²) in [6, 6.07) is 12.2. The average molecular weight is 339 g/mol. The minimum Gasteiger partial charge on any atom is -0.387 e. The van der Waals surface area contributed by atoms with Crippen molar-refractivity contribution in [2.24, 2.45) is 0 Å². The molecule has 124 valence electrons. The predicted octanol–water partition coefficient (Wildman–Crippen LogP) is 3.38.